The molecule has 1 fully saturated rings. The zero-order valence-electron chi connectivity index (χ0n) is 14.2. The van der Waals surface area contributed by atoms with Gasteiger partial charge < -0.3 is 10.6 Å². The number of hydrogen-bond acceptors (Lipinski definition) is 6. The maximum Gasteiger partial charge on any atom is 0.227 e. The van der Waals surface area contributed by atoms with Crippen LogP contribution in [0.15, 0.2) is 42.7 Å². The van der Waals surface area contributed by atoms with E-state index < -0.39 is 0 Å². The highest BCUT2D eigenvalue weighted by molar-refractivity contribution is 5.85. The average molecular weight is 334 g/mol. The van der Waals surface area contributed by atoms with E-state index in [0.29, 0.717) is 29.0 Å². The fourth-order valence-corrected chi connectivity index (χ4v) is 3.28. The van der Waals surface area contributed by atoms with Crippen molar-refractivity contribution in [3.05, 3.63) is 42.7 Å². The molecule has 2 N–H and O–H groups in total. The number of rotatable bonds is 4. The Bertz CT molecular complexity index is 828. The van der Waals surface area contributed by atoms with E-state index >= 15 is 0 Å². The normalized spacial score (nSPS) is 15.7. The van der Waals surface area contributed by atoms with Crippen molar-refractivity contribution in [2.45, 2.75) is 44.6 Å². The summed E-state index contributed by atoms with van der Waals surface area (Å²) in [7, 11) is 0. The van der Waals surface area contributed by atoms with Gasteiger partial charge in [0.25, 0.3) is 0 Å². The summed E-state index contributed by atoms with van der Waals surface area (Å²) < 4.78 is 0. The van der Waals surface area contributed by atoms with Crippen LogP contribution < -0.4 is 10.6 Å². The summed E-state index contributed by atoms with van der Waals surface area (Å²) in [6.45, 7) is 0. The molecule has 4 rings (SSSR count). The molecule has 1 saturated carbocycles. The highest BCUT2D eigenvalue weighted by Crippen LogP contribution is 2.24. The van der Waals surface area contributed by atoms with Crippen LogP contribution >= 0.6 is 0 Å². The summed E-state index contributed by atoms with van der Waals surface area (Å²) in [6.07, 6.45) is 10.8. The van der Waals surface area contributed by atoms with E-state index in [-0.39, 0.29) is 0 Å². The Morgan fingerprint density at radius 2 is 1.60 bits per heavy atom. The third-order valence-electron chi connectivity index (χ3n) is 4.56. The number of nitrogens with one attached hydrogen (secondary N) is 2. The Balaban J connectivity index is 1.65. The standard InChI is InChI=1S/C19H22N6/c1-2-5-11-15(10-4-1)23-19-24-17-16(20-12-13-21-17)18(25-19)22-14-8-6-3-7-9-14/h3,6-9,12-13,15H,1-2,4-5,10-11H2,(H2,21,22,23,24,25). The summed E-state index contributed by atoms with van der Waals surface area (Å²) in [5.74, 6) is 1.30. The van der Waals surface area contributed by atoms with Crippen molar-refractivity contribution in [3.8, 4) is 0 Å². The Kier molecular flexibility index (Phi) is 4.68. The predicted octanol–water partition coefficient (Wildman–Crippen LogP) is 4.30. The van der Waals surface area contributed by atoms with Crippen LogP contribution in [0.2, 0.25) is 0 Å². The first-order valence-electron chi connectivity index (χ1n) is 8.96. The van der Waals surface area contributed by atoms with Crippen molar-refractivity contribution in [2.24, 2.45) is 0 Å². The first-order chi connectivity index (χ1) is 12.4. The molecule has 0 radical (unpaired) electrons. The molecule has 2 heterocycles. The third kappa shape index (κ3) is 3.84. The minimum absolute atomic E-state index is 0.432. The van der Waals surface area contributed by atoms with E-state index in [1.165, 1.54) is 38.5 Å². The number of benzene rings is 1. The van der Waals surface area contributed by atoms with E-state index in [1.54, 1.807) is 12.4 Å². The topological polar surface area (TPSA) is 75.6 Å². The van der Waals surface area contributed by atoms with E-state index in [9.17, 15) is 0 Å². The number of hydrogen-bond donors (Lipinski definition) is 2. The number of aromatic nitrogens is 4. The Hall–Kier alpha value is -2.76. The maximum absolute atomic E-state index is 4.69. The molecular formula is C19H22N6. The zero-order valence-corrected chi connectivity index (χ0v) is 14.2. The molecule has 0 amide bonds. The van der Waals surface area contributed by atoms with Gasteiger partial charge >= 0.3 is 0 Å². The van der Waals surface area contributed by atoms with Crippen LogP contribution in [0.5, 0.6) is 0 Å². The molecule has 6 heteroatoms. The average Bonchev–Trinajstić information content (AvgIpc) is 2.91. The Morgan fingerprint density at radius 1 is 0.840 bits per heavy atom. The number of fused-ring (bicyclic) bond motifs is 1. The summed E-state index contributed by atoms with van der Waals surface area (Å²) in [4.78, 5) is 18.0. The van der Waals surface area contributed by atoms with Crippen LogP contribution in [0.25, 0.3) is 11.2 Å². The van der Waals surface area contributed by atoms with E-state index in [2.05, 4.69) is 30.6 Å². The van der Waals surface area contributed by atoms with Gasteiger partial charge in [-0.05, 0) is 25.0 Å². The van der Waals surface area contributed by atoms with Gasteiger partial charge in [0, 0.05) is 24.1 Å². The van der Waals surface area contributed by atoms with Crippen LogP contribution in [-0.4, -0.2) is 26.0 Å². The second kappa shape index (κ2) is 7.42. The van der Waals surface area contributed by atoms with Crippen LogP contribution in [-0.2, 0) is 0 Å². The predicted molar refractivity (Wildman–Crippen MR) is 100.0 cm³/mol. The Morgan fingerprint density at radius 3 is 2.40 bits per heavy atom. The van der Waals surface area contributed by atoms with Gasteiger partial charge in [-0.15, -0.1) is 0 Å². The van der Waals surface area contributed by atoms with Gasteiger partial charge in [0.2, 0.25) is 5.95 Å². The van der Waals surface area contributed by atoms with Gasteiger partial charge in [0.05, 0.1) is 0 Å². The van der Waals surface area contributed by atoms with Crippen LogP contribution in [0.4, 0.5) is 17.5 Å². The van der Waals surface area contributed by atoms with Crippen molar-refractivity contribution in [2.75, 3.05) is 10.6 Å². The molecular weight excluding hydrogens is 312 g/mol. The van der Waals surface area contributed by atoms with Crippen molar-refractivity contribution in [1.82, 2.24) is 19.9 Å². The van der Waals surface area contributed by atoms with E-state index in [4.69, 9.17) is 0 Å². The zero-order chi connectivity index (χ0) is 16.9. The monoisotopic (exact) mass is 334 g/mol. The van der Waals surface area contributed by atoms with Gasteiger partial charge in [-0.3, -0.25) is 0 Å². The van der Waals surface area contributed by atoms with Crippen molar-refractivity contribution in [1.29, 1.82) is 0 Å². The quantitative estimate of drug-likeness (QED) is 0.693. The number of para-hydroxylation sites is 1. The summed E-state index contributed by atoms with van der Waals surface area (Å²) in [5, 5.41) is 6.85. The fraction of sp³-hybridized carbons (Fsp3) is 0.368. The third-order valence-corrected chi connectivity index (χ3v) is 4.56. The molecule has 25 heavy (non-hydrogen) atoms. The molecule has 128 valence electrons. The van der Waals surface area contributed by atoms with Gasteiger partial charge in [-0.1, -0.05) is 43.9 Å². The maximum atomic E-state index is 4.69. The largest absolute Gasteiger partial charge is 0.351 e. The second-order valence-electron chi connectivity index (χ2n) is 6.45. The van der Waals surface area contributed by atoms with Crippen LogP contribution in [0, 0.1) is 0 Å². The highest BCUT2D eigenvalue weighted by Gasteiger charge is 2.15. The van der Waals surface area contributed by atoms with Crippen LogP contribution in [0.3, 0.4) is 0 Å². The summed E-state index contributed by atoms with van der Waals surface area (Å²) in [5.41, 5.74) is 2.25. The molecule has 2 aromatic heterocycles. The van der Waals surface area contributed by atoms with Crippen molar-refractivity contribution < 1.29 is 0 Å². The second-order valence-corrected chi connectivity index (χ2v) is 6.45. The molecule has 1 aliphatic rings. The molecule has 0 unspecified atom stereocenters. The fourth-order valence-electron chi connectivity index (χ4n) is 3.28. The SMILES string of the molecule is c1ccc(Nc2nc(NC3CCCCCC3)nc3nccnc23)cc1. The Labute approximate surface area is 147 Å². The number of anilines is 3. The molecule has 0 aliphatic heterocycles. The van der Waals surface area contributed by atoms with Crippen molar-refractivity contribution in [3.63, 3.8) is 0 Å². The lowest BCUT2D eigenvalue weighted by molar-refractivity contribution is 0.615. The molecule has 0 saturated heterocycles. The van der Waals surface area contributed by atoms with Gasteiger partial charge in [-0.25, -0.2) is 9.97 Å². The van der Waals surface area contributed by atoms with E-state index in [0.717, 1.165) is 5.69 Å². The minimum Gasteiger partial charge on any atom is -0.351 e. The smallest absolute Gasteiger partial charge is 0.227 e. The van der Waals surface area contributed by atoms with E-state index in [1.807, 2.05) is 30.3 Å². The molecule has 6 nitrogen and oxygen atoms in total. The van der Waals surface area contributed by atoms with Gasteiger partial charge in [0.15, 0.2) is 17.0 Å². The first kappa shape index (κ1) is 15.7. The lowest BCUT2D eigenvalue weighted by atomic mass is 10.1. The summed E-state index contributed by atoms with van der Waals surface area (Å²) >= 11 is 0. The molecule has 0 spiro atoms. The minimum atomic E-state index is 0.432. The number of nitrogens with zero attached hydrogens (tertiary/aromatic N) is 4. The summed E-state index contributed by atoms with van der Waals surface area (Å²) in [6, 6.07) is 10.4. The van der Waals surface area contributed by atoms with Gasteiger partial charge in [0.1, 0.15) is 0 Å². The van der Waals surface area contributed by atoms with Gasteiger partial charge in [-0.2, -0.15) is 9.97 Å². The molecule has 0 atom stereocenters. The molecule has 3 aromatic rings. The lowest BCUT2D eigenvalue weighted by Gasteiger charge is -2.17. The highest BCUT2D eigenvalue weighted by atomic mass is 15.2. The van der Waals surface area contributed by atoms with Crippen LogP contribution in [0.1, 0.15) is 38.5 Å². The molecule has 1 aromatic carbocycles. The molecule has 1 aliphatic carbocycles. The first-order valence-corrected chi connectivity index (χ1v) is 8.96. The lowest BCUT2D eigenvalue weighted by Crippen LogP contribution is -2.20. The molecule has 0 bridgehead atoms. The van der Waals surface area contributed by atoms with Crippen molar-refractivity contribution >= 4 is 28.6 Å².